The summed E-state index contributed by atoms with van der Waals surface area (Å²) in [6.07, 6.45) is 1.79. The lowest BCUT2D eigenvalue weighted by atomic mass is 10.2. The first-order valence-electron chi connectivity index (χ1n) is 7.37. The van der Waals surface area contributed by atoms with Crippen molar-refractivity contribution in [3.63, 3.8) is 0 Å². The minimum atomic E-state index is -0.171. The Kier molecular flexibility index (Phi) is 5.10. The highest BCUT2D eigenvalue weighted by Crippen LogP contribution is 2.19. The van der Waals surface area contributed by atoms with Crippen LogP contribution in [-0.4, -0.2) is 51.9 Å². The molecule has 0 bridgehead atoms. The van der Waals surface area contributed by atoms with Crippen molar-refractivity contribution in [3.8, 4) is 0 Å². The first kappa shape index (κ1) is 16.2. The number of hydrogen-bond donors (Lipinski definition) is 0. The fraction of sp³-hybridized carbons (Fsp3) is 0.312. The molecule has 0 unspecified atom stereocenters. The fourth-order valence-corrected chi connectivity index (χ4v) is 2.88. The van der Waals surface area contributed by atoms with Gasteiger partial charge in [0.15, 0.2) is 0 Å². The van der Waals surface area contributed by atoms with Gasteiger partial charge in [0.2, 0.25) is 0 Å². The molecule has 3 heterocycles. The van der Waals surface area contributed by atoms with Crippen molar-refractivity contribution >= 4 is 29.1 Å². The van der Waals surface area contributed by atoms with Gasteiger partial charge in [0, 0.05) is 38.9 Å². The number of aromatic nitrogens is 2. The predicted molar refractivity (Wildman–Crippen MR) is 89.7 cm³/mol. The third-order valence-electron chi connectivity index (χ3n) is 3.79. The fourth-order valence-electron chi connectivity index (χ4n) is 2.55. The summed E-state index contributed by atoms with van der Waals surface area (Å²) in [5.41, 5.74) is 1.25. The molecule has 1 saturated heterocycles. The molecule has 23 heavy (non-hydrogen) atoms. The second-order valence-corrected chi connectivity index (χ2v) is 6.15. The molecule has 0 radical (unpaired) electrons. The molecule has 1 aliphatic rings. The van der Waals surface area contributed by atoms with E-state index in [1.54, 1.807) is 23.2 Å². The van der Waals surface area contributed by atoms with Crippen molar-refractivity contribution in [1.29, 1.82) is 0 Å². The Morgan fingerprint density at radius 2 is 1.87 bits per heavy atom. The zero-order valence-electron chi connectivity index (χ0n) is 12.5. The largest absolute Gasteiger partial charge is 0.335 e. The van der Waals surface area contributed by atoms with E-state index < -0.39 is 0 Å². The standard InChI is InChI=1S/C16H16Cl2N4O/c17-13-4-5-14(18)20-15(13)16(23)22-9-7-21(8-10-22)11-12-3-1-2-6-19-12/h1-6H,7-11H2. The van der Waals surface area contributed by atoms with Gasteiger partial charge < -0.3 is 4.90 Å². The van der Waals surface area contributed by atoms with Gasteiger partial charge in [-0.25, -0.2) is 4.98 Å². The number of amides is 1. The third-order valence-corrected chi connectivity index (χ3v) is 4.30. The molecular formula is C16H16Cl2N4O. The van der Waals surface area contributed by atoms with Crippen molar-refractivity contribution in [1.82, 2.24) is 19.8 Å². The number of rotatable bonds is 3. The Bertz CT molecular complexity index is 688. The van der Waals surface area contributed by atoms with Crippen LogP contribution < -0.4 is 0 Å². The second kappa shape index (κ2) is 7.25. The molecule has 0 aromatic carbocycles. The summed E-state index contributed by atoms with van der Waals surface area (Å²) in [6.45, 7) is 3.65. The number of piperazine rings is 1. The summed E-state index contributed by atoms with van der Waals surface area (Å²) >= 11 is 11.9. The van der Waals surface area contributed by atoms with E-state index in [1.807, 2.05) is 18.2 Å². The van der Waals surface area contributed by atoms with E-state index in [9.17, 15) is 4.79 Å². The minimum absolute atomic E-state index is 0.171. The molecule has 3 rings (SSSR count). The molecule has 5 nitrogen and oxygen atoms in total. The van der Waals surface area contributed by atoms with Gasteiger partial charge in [-0.05, 0) is 24.3 Å². The van der Waals surface area contributed by atoms with Gasteiger partial charge >= 0.3 is 0 Å². The number of halogens is 2. The zero-order valence-corrected chi connectivity index (χ0v) is 14.0. The average Bonchev–Trinajstić information content (AvgIpc) is 2.58. The van der Waals surface area contributed by atoms with Crippen LogP contribution in [0.3, 0.4) is 0 Å². The second-order valence-electron chi connectivity index (χ2n) is 5.35. The highest BCUT2D eigenvalue weighted by molar-refractivity contribution is 6.34. The molecule has 1 fully saturated rings. The van der Waals surface area contributed by atoms with E-state index in [-0.39, 0.29) is 16.8 Å². The summed E-state index contributed by atoms with van der Waals surface area (Å²) in [5, 5.41) is 0.599. The van der Waals surface area contributed by atoms with Crippen LogP contribution in [0.2, 0.25) is 10.2 Å². The predicted octanol–water partition coefficient (Wildman–Crippen LogP) is 2.74. The maximum Gasteiger partial charge on any atom is 0.274 e. The van der Waals surface area contributed by atoms with Crippen LogP contribution >= 0.6 is 23.2 Å². The summed E-state index contributed by atoms with van der Waals surface area (Å²) < 4.78 is 0. The number of carbonyl (C=O) groups excluding carboxylic acids is 1. The molecule has 7 heteroatoms. The van der Waals surface area contributed by atoms with Crippen LogP contribution in [-0.2, 0) is 6.54 Å². The summed E-state index contributed by atoms with van der Waals surface area (Å²) in [6, 6.07) is 9.07. The van der Waals surface area contributed by atoms with Crippen LogP contribution in [0.4, 0.5) is 0 Å². The number of hydrogen-bond acceptors (Lipinski definition) is 4. The third kappa shape index (κ3) is 3.99. The molecule has 1 aliphatic heterocycles. The van der Waals surface area contributed by atoms with Crippen molar-refractivity contribution in [2.75, 3.05) is 26.2 Å². The monoisotopic (exact) mass is 350 g/mol. The van der Waals surface area contributed by atoms with E-state index >= 15 is 0 Å². The Hall–Kier alpha value is -1.69. The van der Waals surface area contributed by atoms with Gasteiger partial charge in [-0.15, -0.1) is 0 Å². The maximum absolute atomic E-state index is 12.5. The first-order valence-corrected chi connectivity index (χ1v) is 8.12. The van der Waals surface area contributed by atoms with Gasteiger partial charge in [-0.2, -0.15) is 0 Å². The van der Waals surface area contributed by atoms with Crippen molar-refractivity contribution in [2.24, 2.45) is 0 Å². The maximum atomic E-state index is 12.5. The average molecular weight is 351 g/mol. The molecule has 0 spiro atoms. The Morgan fingerprint density at radius 1 is 1.09 bits per heavy atom. The van der Waals surface area contributed by atoms with E-state index in [0.29, 0.717) is 18.1 Å². The van der Waals surface area contributed by atoms with Gasteiger partial charge in [0.1, 0.15) is 10.8 Å². The van der Waals surface area contributed by atoms with E-state index in [1.165, 1.54) is 0 Å². The lowest BCUT2D eigenvalue weighted by molar-refractivity contribution is 0.0621. The summed E-state index contributed by atoms with van der Waals surface area (Å²) in [7, 11) is 0. The van der Waals surface area contributed by atoms with Crippen LogP contribution in [0, 0.1) is 0 Å². The molecular weight excluding hydrogens is 335 g/mol. The van der Waals surface area contributed by atoms with E-state index in [0.717, 1.165) is 25.3 Å². The number of nitrogens with zero attached hydrogens (tertiary/aromatic N) is 4. The SMILES string of the molecule is O=C(c1nc(Cl)ccc1Cl)N1CCN(Cc2ccccn2)CC1. The van der Waals surface area contributed by atoms with Crippen LogP contribution in [0.15, 0.2) is 36.5 Å². The number of pyridine rings is 2. The quantitative estimate of drug-likeness (QED) is 0.798. The summed E-state index contributed by atoms with van der Waals surface area (Å²) in [4.78, 5) is 25.0. The molecule has 2 aromatic rings. The number of carbonyl (C=O) groups is 1. The van der Waals surface area contributed by atoms with Gasteiger partial charge in [-0.1, -0.05) is 29.3 Å². The van der Waals surface area contributed by atoms with Crippen LogP contribution in [0.5, 0.6) is 0 Å². The normalized spacial score (nSPS) is 15.7. The summed E-state index contributed by atoms with van der Waals surface area (Å²) in [5.74, 6) is -0.171. The van der Waals surface area contributed by atoms with Gasteiger partial charge in [0.05, 0.1) is 10.7 Å². The Morgan fingerprint density at radius 3 is 2.57 bits per heavy atom. The van der Waals surface area contributed by atoms with Gasteiger partial charge in [0.25, 0.3) is 5.91 Å². The topological polar surface area (TPSA) is 49.3 Å². The van der Waals surface area contributed by atoms with Crippen LogP contribution in [0.25, 0.3) is 0 Å². The minimum Gasteiger partial charge on any atom is -0.335 e. The lowest BCUT2D eigenvalue weighted by Gasteiger charge is -2.34. The van der Waals surface area contributed by atoms with Gasteiger partial charge in [-0.3, -0.25) is 14.7 Å². The molecule has 1 amide bonds. The lowest BCUT2D eigenvalue weighted by Crippen LogP contribution is -2.48. The van der Waals surface area contributed by atoms with Crippen molar-refractivity contribution in [3.05, 3.63) is 58.1 Å². The Balaban J connectivity index is 1.60. The highest BCUT2D eigenvalue weighted by Gasteiger charge is 2.25. The Labute approximate surface area is 144 Å². The van der Waals surface area contributed by atoms with E-state index in [2.05, 4.69) is 14.9 Å². The molecule has 2 aromatic heterocycles. The smallest absolute Gasteiger partial charge is 0.274 e. The van der Waals surface area contributed by atoms with Crippen LogP contribution in [0.1, 0.15) is 16.2 Å². The van der Waals surface area contributed by atoms with E-state index in [4.69, 9.17) is 23.2 Å². The molecule has 0 N–H and O–H groups in total. The molecule has 0 atom stereocenters. The first-order chi connectivity index (χ1) is 11.1. The highest BCUT2D eigenvalue weighted by atomic mass is 35.5. The zero-order chi connectivity index (χ0) is 16.2. The van der Waals surface area contributed by atoms with Crippen molar-refractivity contribution < 1.29 is 4.79 Å². The molecule has 0 aliphatic carbocycles. The molecule has 120 valence electrons. The molecule has 0 saturated carbocycles. The van der Waals surface area contributed by atoms with Crippen molar-refractivity contribution in [2.45, 2.75) is 6.54 Å².